The van der Waals surface area contributed by atoms with Crippen molar-refractivity contribution in [3.8, 4) is 11.5 Å². The van der Waals surface area contributed by atoms with E-state index in [-0.39, 0.29) is 22.3 Å². The first-order valence-electron chi connectivity index (χ1n) is 17.0. The molecule has 10 nitrogen and oxygen atoms in total. The van der Waals surface area contributed by atoms with Crippen LogP contribution in [-0.2, 0) is 28.5 Å². The van der Waals surface area contributed by atoms with Gasteiger partial charge in [0.25, 0.3) is 17.7 Å². The maximum absolute atomic E-state index is 12.6. The first kappa shape index (κ1) is 40.4. The zero-order chi connectivity index (χ0) is 39.3. The summed E-state index contributed by atoms with van der Waals surface area (Å²) in [7, 11) is 0. The monoisotopic (exact) mass is 837 g/mol. The number of Topliss-reactive ketones (excluding diaryl/α,β-unsaturated/α-hetero) is 1. The summed E-state index contributed by atoms with van der Waals surface area (Å²) >= 11 is 25.2. The lowest BCUT2D eigenvalue weighted by molar-refractivity contribution is -0.131. The normalized spacial score (nSPS) is 15.5. The minimum Gasteiger partial charge on any atom is -0.415 e. The standard InChI is InChI=1S/C19H17Cl2F2N3O2.C18H14Cl2F2N4O/c20-13-4-1-3-12(16(13)21)19(5-2-6-19)7-15-24-8-11(9-25-15)14(27)10-26-18(28)17(22)23;19-12-4-1-3-11(14(12)20)18(5-2-6-18)7-13-23-8-10(9-24-13)16-25-26-17(27-16)15(21)22/h1,3-4,8-9,17H,2,5-7,10H2,(H,26,28);1,3-4,8-9,15H,2,5-7H2. The summed E-state index contributed by atoms with van der Waals surface area (Å²) in [4.78, 5) is 40.0. The molecule has 0 aliphatic heterocycles. The zero-order valence-corrected chi connectivity index (χ0v) is 31.7. The Hall–Kier alpha value is -4.24. The van der Waals surface area contributed by atoms with Crippen molar-refractivity contribution < 1.29 is 31.6 Å². The number of rotatable bonds is 12. The van der Waals surface area contributed by atoms with E-state index in [1.807, 2.05) is 29.6 Å². The Morgan fingerprint density at radius 3 is 1.64 bits per heavy atom. The predicted molar refractivity (Wildman–Crippen MR) is 197 cm³/mol. The molecule has 1 N–H and O–H groups in total. The largest absolute Gasteiger partial charge is 0.415 e. The Labute approximate surface area is 332 Å². The molecule has 5 aromatic rings. The first-order valence-corrected chi connectivity index (χ1v) is 18.5. The van der Waals surface area contributed by atoms with Crippen LogP contribution in [0.5, 0.6) is 0 Å². The molecule has 0 spiro atoms. The summed E-state index contributed by atoms with van der Waals surface area (Å²) in [5, 5.41) is 10.9. The maximum Gasteiger partial charge on any atom is 0.315 e. The van der Waals surface area contributed by atoms with Crippen molar-refractivity contribution in [2.75, 3.05) is 6.54 Å². The molecule has 3 heterocycles. The molecule has 2 saturated carbocycles. The number of aromatic nitrogens is 6. The molecular weight excluding hydrogens is 808 g/mol. The van der Waals surface area contributed by atoms with Gasteiger partial charge in [0.15, 0.2) is 5.78 Å². The van der Waals surface area contributed by atoms with Crippen molar-refractivity contribution in [1.82, 2.24) is 35.5 Å². The Bertz CT molecular complexity index is 2150. The van der Waals surface area contributed by atoms with Gasteiger partial charge in [-0.3, -0.25) is 9.59 Å². The summed E-state index contributed by atoms with van der Waals surface area (Å²) in [5.41, 5.74) is 2.17. The quantitative estimate of drug-likeness (QED) is 0.0963. The van der Waals surface area contributed by atoms with E-state index < -0.39 is 37.0 Å². The molecule has 18 heteroatoms. The van der Waals surface area contributed by atoms with Gasteiger partial charge in [0, 0.05) is 48.5 Å². The van der Waals surface area contributed by atoms with Gasteiger partial charge in [-0.1, -0.05) is 83.5 Å². The van der Waals surface area contributed by atoms with Gasteiger partial charge in [-0.2, -0.15) is 17.6 Å². The number of carbonyl (C=O) groups is 2. The molecule has 1 amide bonds. The Kier molecular flexibility index (Phi) is 12.7. The SMILES string of the molecule is FC(F)c1nnc(-c2cnc(CC3(c4cccc(Cl)c4Cl)CCC3)nc2)o1.O=C(CNC(=O)C(F)F)c1cnc(CC2(c3cccc(Cl)c3Cl)CCC2)nc1. The molecule has 0 unspecified atom stereocenters. The average molecular weight is 840 g/mol. The summed E-state index contributed by atoms with van der Waals surface area (Å²) in [6.45, 7) is -0.534. The lowest BCUT2D eigenvalue weighted by Gasteiger charge is -2.42. The van der Waals surface area contributed by atoms with E-state index in [4.69, 9.17) is 50.8 Å². The molecule has 2 aliphatic carbocycles. The van der Waals surface area contributed by atoms with Crippen LogP contribution in [0.1, 0.15) is 84.0 Å². The van der Waals surface area contributed by atoms with Crippen LogP contribution in [0.2, 0.25) is 20.1 Å². The number of amides is 1. The Morgan fingerprint density at radius 2 is 1.22 bits per heavy atom. The second-order valence-corrected chi connectivity index (χ2v) is 14.9. The minimum atomic E-state index is -3.16. The first-order chi connectivity index (χ1) is 26.3. The Balaban J connectivity index is 0.000000187. The van der Waals surface area contributed by atoms with Crippen LogP contribution in [0, 0.1) is 0 Å². The maximum atomic E-state index is 12.6. The van der Waals surface area contributed by atoms with Crippen molar-refractivity contribution in [3.05, 3.63) is 116 Å². The van der Waals surface area contributed by atoms with Crippen molar-refractivity contribution >= 4 is 58.1 Å². The van der Waals surface area contributed by atoms with E-state index in [2.05, 4.69) is 30.1 Å². The van der Waals surface area contributed by atoms with Crippen LogP contribution in [0.15, 0.2) is 65.6 Å². The number of halogens is 8. The fraction of sp³-hybridized carbons (Fsp3) is 0.351. The van der Waals surface area contributed by atoms with E-state index in [1.165, 1.54) is 24.8 Å². The van der Waals surface area contributed by atoms with Gasteiger partial charge >= 0.3 is 12.9 Å². The summed E-state index contributed by atoms with van der Waals surface area (Å²) in [5.74, 6) is -1.62. The van der Waals surface area contributed by atoms with Crippen LogP contribution in [0.25, 0.3) is 11.5 Å². The van der Waals surface area contributed by atoms with Crippen molar-refractivity contribution in [2.24, 2.45) is 0 Å². The number of ketones is 1. The summed E-state index contributed by atoms with van der Waals surface area (Å²) in [6, 6.07) is 11.2. The van der Waals surface area contributed by atoms with Crippen LogP contribution in [0.3, 0.4) is 0 Å². The average Bonchev–Trinajstić information content (AvgIpc) is 3.65. The van der Waals surface area contributed by atoms with Crippen molar-refractivity contribution in [2.45, 2.75) is 75.0 Å². The van der Waals surface area contributed by atoms with Gasteiger partial charge in [0.1, 0.15) is 11.6 Å². The second-order valence-electron chi connectivity index (χ2n) is 13.3. The number of hydrogen-bond donors (Lipinski definition) is 1. The van der Waals surface area contributed by atoms with E-state index in [9.17, 15) is 27.2 Å². The molecule has 2 fully saturated rings. The van der Waals surface area contributed by atoms with Gasteiger partial charge < -0.3 is 9.73 Å². The lowest BCUT2D eigenvalue weighted by atomic mass is 9.62. The summed E-state index contributed by atoms with van der Waals surface area (Å²) < 4.78 is 54.4. The fourth-order valence-corrected chi connectivity index (χ4v) is 7.66. The topological polar surface area (TPSA) is 137 Å². The molecule has 2 aromatic carbocycles. The number of nitrogens with zero attached hydrogens (tertiary/aromatic N) is 6. The molecule has 55 heavy (non-hydrogen) atoms. The van der Waals surface area contributed by atoms with Gasteiger partial charge in [0.2, 0.25) is 0 Å². The highest BCUT2D eigenvalue weighted by atomic mass is 35.5. The number of nitrogens with one attached hydrogen (secondary N) is 1. The highest BCUT2D eigenvalue weighted by molar-refractivity contribution is 6.43. The Morgan fingerprint density at radius 1 is 0.727 bits per heavy atom. The third-order valence-electron chi connectivity index (χ3n) is 9.89. The fourth-order valence-electron chi connectivity index (χ4n) is 6.65. The number of carbonyl (C=O) groups excluding carboxylic acids is 2. The molecule has 2 aliphatic rings. The molecular formula is C37H31Cl4F4N7O3. The van der Waals surface area contributed by atoms with Gasteiger partial charge in [-0.25, -0.2) is 19.9 Å². The number of benzene rings is 2. The molecule has 0 radical (unpaired) electrons. The molecule has 0 saturated heterocycles. The number of alkyl halides is 4. The minimum absolute atomic E-state index is 0.0342. The molecule has 0 atom stereocenters. The van der Waals surface area contributed by atoms with Crippen LogP contribution in [0.4, 0.5) is 17.6 Å². The highest BCUT2D eigenvalue weighted by Crippen LogP contribution is 2.50. The van der Waals surface area contributed by atoms with E-state index in [0.29, 0.717) is 50.1 Å². The summed E-state index contributed by atoms with van der Waals surface area (Å²) in [6.07, 6.45) is 6.80. The van der Waals surface area contributed by atoms with Crippen LogP contribution >= 0.6 is 46.4 Å². The van der Waals surface area contributed by atoms with Crippen LogP contribution < -0.4 is 5.32 Å². The second kappa shape index (κ2) is 17.3. The van der Waals surface area contributed by atoms with E-state index >= 15 is 0 Å². The molecule has 3 aromatic heterocycles. The zero-order valence-electron chi connectivity index (χ0n) is 28.7. The third kappa shape index (κ3) is 9.09. The van der Waals surface area contributed by atoms with Gasteiger partial charge in [-0.15, -0.1) is 10.2 Å². The van der Waals surface area contributed by atoms with Crippen LogP contribution in [-0.4, -0.2) is 54.8 Å². The molecule has 7 rings (SSSR count). The predicted octanol–water partition coefficient (Wildman–Crippen LogP) is 9.45. The third-order valence-corrected chi connectivity index (χ3v) is 11.5. The number of hydrogen-bond acceptors (Lipinski definition) is 9. The van der Waals surface area contributed by atoms with E-state index in [0.717, 1.165) is 49.7 Å². The van der Waals surface area contributed by atoms with E-state index in [1.54, 1.807) is 12.1 Å². The smallest absolute Gasteiger partial charge is 0.315 e. The van der Waals surface area contributed by atoms with Gasteiger partial charge in [0.05, 0.1) is 37.8 Å². The highest BCUT2D eigenvalue weighted by Gasteiger charge is 2.42. The van der Waals surface area contributed by atoms with Crippen molar-refractivity contribution in [1.29, 1.82) is 0 Å². The van der Waals surface area contributed by atoms with Crippen molar-refractivity contribution in [3.63, 3.8) is 0 Å². The van der Waals surface area contributed by atoms with Gasteiger partial charge in [-0.05, 0) is 48.9 Å². The lowest BCUT2D eigenvalue weighted by Crippen LogP contribution is -2.37. The molecule has 288 valence electrons. The molecule has 0 bridgehead atoms.